The number of carboxylic acids is 1. The molecule has 2 aliphatic rings. The zero-order valence-electron chi connectivity index (χ0n) is 11.9. The van der Waals surface area contributed by atoms with E-state index in [2.05, 4.69) is 6.07 Å². The Hall–Kier alpha value is -2.07. The molecule has 22 heavy (non-hydrogen) atoms. The molecule has 4 rings (SSSR count). The Labute approximate surface area is 132 Å². The summed E-state index contributed by atoms with van der Waals surface area (Å²) in [5.41, 5.74) is 4.78. The molecule has 0 fully saturated rings. The number of benzene rings is 2. The minimum Gasteiger partial charge on any atom is -0.478 e. The van der Waals surface area contributed by atoms with Crippen LogP contribution in [0.3, 0.4) is 0 Å². The molecular formula is C18H14O3S. The van der Waals surface area contributed by atoms with E-state index in [4.69, 9.17) is 5.11 Å². The number of fused-ring (bicyclic) bond motifs is 3. The maximum absolute atomic E-state index is 11.9. The molecule has 0 aromatic heterocycles. The highest BCUT2D eigenvalue weighted by molar-refractivity contribution is 7.99. The number of hydrogen-bond donors (Lipinski definition) is 1. The Morgan fingerprint density at radius 2 is 1.64 bits per heavy atom. The summed E-state index contributed by atoms with van der Waals surface area (Å²) in [6.07, 6.45) is 3.30. The molecule has 0 bridgehead atoms. The van der Waals surface area contributed by atoms with E-state index < -0.39 is 5.97 Å². The second-order valence-corrected chi connectivity index (χ2v) is 6.85. The van der Waals surface area contributed by atoms with Gasteiger partial charge in [-0.1, -0.05) is 23.9 Å². The Balaban J connectivity index is 1.81. The Bertz CT molecular complexity index is 823. The van der Waals surface area contributed by atoms with Gasteiger partial charge in [-0.05, 0) is 54.2 Å². The highest BCUT2D eigenvalue weighted by atomic mass is 32.2. The smallest absolute Gasteiger partial charge is 0.335 e. The fourth-order valence-electron chi connectivity index (χ4n) is 3.19. The average molecular weight is 310 g/mol. The first-order valence-electron chi connectivity index (χ1n) is 7.35. The van der Waals surface area contributed by atoms with Gasteiger partial charge in [0.1, 0.15) is 0 Å². The van der Waals surface area contributed by atoms with Gasteiger partial charge in [0.15, 0.2) is 5.78 Å². The van der Waals surface area contributed by atoms with Crippen LogP contribution in [-0.2, 0) is 19.3 Å². The van der Waals surface area contributed by atoms with Crippen molar-refractivity contribution in [3.8, 4) is 0 Å². The third-order valence-electron chi connectivity index (χ3n) is 4.41. The van der Waals surface area contributed by atoms with Crippen molar-refractivity contribution < 1.29 is 14.7 Å². The van der Waals surface area contributed by atoms with Crippen molar-refractivity contribution >= 4 is 23.5 Å². The minimum atomic E-state index is -0.906. The van der Waals surface area contributed by atoms with E-state index in [-0.39, 0.29) is 5.78 Å². The summed E-state index contributed by atoms with van der Waals surface area (Å²) >= 11 is 1.59. The van der Waals surface area contributed by atoms with Crippen molar-refractivity contribution in [1.82, 2.24) is 0 Å². The Kier molecular flexibility index (Phi) is 3.08. The molecule has 0 amide bonds. The number of aryl methyl sites for hydroxylation is 3. The van der Waals surface area contributed by atoms with Gasteiger partial charge in [0, 0.05) is 21.8 Å². The summed E-state index contributed by atoms with van der Waals surface area (Å²) in [6, 6.07) is 9.50. The van der Waals surface area contributed by atoms with Gasteiger partial charge in [-0.25, -0.2) is 4.79 Å². The zero-order valence-corrected chi connectivity index (χ0v) is 12.7. The number of ketones is 1. The zero-order chi connectivity index (χ0) is 15.3. The Morgan fingerprint density at radius 1 is 0.909 bits per heavy atom. The first-order valence-corrected chi connectivity index (χ1v) is 8.16. The molecule has 1 N–H and O–H groups in total. The van der Waals surface area contributed by atoms with Gasteiger partial charge in [0.05, 0.1) is 5.56 Å². The molecule has 0 radical (unpaired) electrons. The van der Waals surface area contributed by atoms with Crippen LogP contribution in [0.1, 0.15) is 43.8 Å². The molecule has 0 atom stereocenters. The topological polar surface area (TPSA) is 54.4 Å². The second kappa shape index (κ2) is 4.99. The van der Waals surface area contributed by atoms with Crippen LogP contribution in [0.5, 0.6) is 0 Å². The lowest BCUT2D eigenvalue weighted by Gasteiger charge is -2.09. The lowest BCUT2D eigenvalue weighted by molar-refractivity contribution is 0.0696. The maximum atomic E-state index is 11.9. The molecule has 4 heteroatoms. The number of carbonyl (C=O) groups excluding carboxylic acids is 1. The fourth-order valence-corrected chi connectivity index (χ4v) is 4.39. The van der Waals surface area contributed by atoms with Gasteiger partial charge in [-0.15, -0.1) is 0 Å². The van der Waals surface area contributed by atoms with Crippen molar-refractivity contribution in [3.63, 3.8) is 0 Å². The predicted molar refractivity (Wildman–Crippen MR) is 84.0 cm³/mol. The summed E-state index contributed by atoms with van der Waals surface area (Å²) < 4.78 is 0. The van der Waals surface area contributed by atoms with Crippen LogP contribution in [0.15, 0.2) is 40.1 Å². The minimum absolute atomic E-state index is 0.224. The van der Waals surface area contributed by atoms with Gasteiger partial charge < -0.3 is 5.11 Å². The molecule has 0 saturated heterocycles. The van der Waals surface area contributed by atoms with Crippen molar-refractivity contribution in [3.05, 3.63) is 58.1 Å². The third-order valence-corrected chi connectivity index (χ3v) is 5.61. The molecule has 2 aromatic carbocycles. The summed E-state index contributed by atoms with van der Waals surface area (Å²) in [5, 5.41) is 9.16. The maximum Gasteiger partial charge on any atom is 0.335 e. The molecule has 1 heterocycles. The van der Waals surface area contributed by atoms with Gasteiger partial charge >= 0.3 is 5.97 Å². The van der Waals surface area contributed by atoms with Crippen LogP contribution in [0, 0.1) is 0 Å². The van der Waals surface area contributed by atoms with Crippen molar-refractivity contribution in [2.45, 2.75) is 35.5 Å². The molecule has 1 aliphatic carbocycles. The van der Waals surface area contributed by atoms with Gasteiger partial charge in [0.25, 0.3) is 0 Å². The second-order valence-electron chi connectivity index (χ2n) is 5.77. The number of hydrogen-bond acceptors (Lipinski definition) is 3. The summed E-state index contributed by atoms with van der Waals surface area (Å²) in [7, 11) is 0. The van der Waals surface area contributed by atoms with Crippen LogP contribution in [-0.4, -0.2) is 16.9 Å². The van der Waals surface area contributed by atoms with Gasteiger partial charge in [-0.2, -0.15) is 0 Å². The highest BCUT2D eigenvalue weighted by Gasteiger charge is 2.24. The van der Waals surface area contributed by atoms with Crippen molar-refractivity contribution in [1.29, 1.82) is 0 Å². The van der Waals surface area contributed by atoms with Crippen LogP contribution in [0.2, 0.25) is 0 Å². The molecular weight excluding hydrogens is 296 g/mol. The van der Waals surface area contributed by atoms with Crippen LogP contribution in [0.4, 0.5) is 0 Å². The largest absolute Gasteiger partial charge is 0.478 e. The lowest BCUT2D eigenvalue weighted by Crippen LogP contribution is -1.98. The molecule has 0 spiro atoms. The molecule has 0 saturated carbocycles. The fraction of sp³-hybridized carbons (Fsp3) is 0.222. The summed E-state index contributed by atoms with van der Waals surface area (Å²) in [5.74, 6) is -0.681. The van der Waals surface area contributed by atoms with E-state index in [1.165, 1.54) is 16.7 Å². The normalized spacial score (nSPS) is 15.7. The molecule has 0 unspecified atom stereocenters. The Morgan fingerprint density at radius 3 is 2.45 bits per heavy atom. The molecule has 110 valence electrons. The SMILES string of the molecule is O=C(O)c1ccc2c(c1)Sc1cc3c(cc1CC2)CCC3=O. The average Bonchev–Trinajstić information content (AvgIpc) is 2.76. The van der Waals surface area contributed by atoms with E-state index in [1.54, 1.807) is 23.9 Å². The molecule has 1 aliphatic heterocycles. The van der Waals surface area contributed by atoms with E-state index >= 15 is 0 Å². The van der Waals surface area contributed by atoms with Crippen molar-refractivity contribution in [2.24, 2.45) is 0 Å². The number of Topliss-reactive ketones (excluding diaryl/α,β-unsaturated/α-hetero) is 1. The monoisotopic (exact) mass is 310 g/mol. The van der Waals surface area contributed by atoms with Crippen LogP contribution >= 0.6 is 11.8 Å². The highest BCUT2D eigenvalue weighted by Crippen LogP contribution is 2.40. The standard InChI is InChI=1S/C18H14O3S/c19-15-6-5-11-7-12-3-1-10-2-4-13(18(20)21)8-16(10)22-17(12)9-14(11)15/h2,4,7-9H,1,3,5-6H2,(H,20,21). The van der Waals surface area contributed by atoms with E-state index in [9.17, 15) is 9.59 Å². The van der Waals surface area contributed by atoms with Crippen LogP contribution < -0.4 is 0 Å². The van der Waals surface area contributed by atoms with E-state index in [1.807, 2.05) is 12.1 Å². The summed E-state index contributed by atoms with van der Waals surface area (Å²) in [4.78, 5) is 25.2. The van der Waals surface area contributed by atoms with Crippen molar-refractivity contribution in [2.75, 3.05) is 0 Å². The predicted octanol–water partition coefficient (Wildman–Crippen LogP) is 3.76. The van der Waals surface area contributed by atoms with Gasteiger partial charge in [0.2, 0.25) is 0 Å². The van der Waals surface area contributed by atoms with E-state index in [0.29, 0.717) is 12.0 Å². The first-order chi connectivity index (χ1) is 10.6. The first kappa shape index (κ1) is 13.6. The third kappa shape index (κ3) is 2.15. The number of rotatable bonds is 1. The quantitative estimate of drug-likeness (QED) is 0.871. The van der Waals surface area contributed by atoms with E-state index in [0.717, 1.165) is 34.6 Å². The number of carbonyl (C=O) groups is 2. The summed E-state index contributed by atoms with van der Waals surface area (Å²) in [6.45, 7) is 0. The van der Waals surface area contributed by atoms with Crippen LogP contribution in [0.25, 0.3) is 0 Å². The lowest BCUT2D eigenvalue weighted by atomic mass is 10.00. The van der Waals surface area contributed by atoms with Gasteiger partial charge in [-0.3, -0.25) is 4.79 Å². The number of carboxylic acid groups (broad SMARTS) is 1. The molecule has 3 nitrogen and oxygen atoms in total. The number of aromatic carboxylic acids is 1. The molecule has 2 aromatic rings.